The summed E-state index contributed by atoms with van der Waals surface area (Å²) < 4.78 is 0. The molecule has 3 aliphatic rings. The van der Waals surface area contributed by atoms with Gasteiger partial charge in [-0.2, -0.15) is 0 Å². The molecular formula is C65H63N. The molecule has 0 amide bonds. The van der Waals surface area contributed by atoms with Crippen molar-refractivity contribution in [3.63, 3.8) is 0 Å². The van der Waals surface area contributed by atoms with Gasteiger partial charge in [0.15, 0.2) is 0 Å². The SMILES string of the molecule is CC1(C)CCC(C)(C)c2cc(-c3cccc(N(c4ccccc4)c4cc5c(cc4-c4ccc6c(c4)C(C)(C)CCC6(C)C)-c4ccccc4C5(c4ccccc4)c4ccccc4)c3)ccc21. The molecule has 0 radical (unpaired) electrons. The molecule has 0 aromatic heterocycles. The van der Waals surface area contributed by atoms with Crippen LogP contribution in [0.5, 0.6) is 0 Å². The first-order valence-electron chi connectivity index (χ1n) is 24.3. The van der Waals surface area contributed by atoms with Crippen molar-refractivity contribution in [2.75, 3.05) is 4.90 Å². The second kappa shape index (κ2) is 15.3. The highest BCUT2D eigenvalue weighted by atomic mass is 15.1. The van der Waals surface area contributed by atoms with E-state index in [1.165, 1.54) is 103 Å². The van der Waals surface area contributed by atoms with Gasteiger partial charge in [0.25, 0.3) is 0 Å². The average molecular weight is 858 g/mol. The zero-order chi connectivity index (χ0) is 45.6. The molecule has 11 rings (SSSR count). The monoisotopic (exact) mass is 857 g/mol. The maximum atomic E-state index is 2.57. The molecule has 328 valence electrons. The number of para-hydroxylation sites is 1. The number of nitrogens with zero attached hydrogens (tertiary/aromatic N) is 1. The van der Waals surface area contributed by atoms with Gasteiger partial charge in [0.05, 0.1) is 11.1 Å². The second-order valence-corrected chi connectivity index (χ2v) is 22.2. The highest BCUT2D eigenvalue weighted by Crippen LogP contribution is 2.59. The maximum absolute atomic E-state index is 2.57. The highest BCUT2D eigenvalue weighted by molar-refractivity contribution is 5.97. The van der Waals surface area contributed by atoms with Gasteiger partial charge in [0, 0.05) is 16.9 Å². The van der Waals surface area contributed by atoms with Gasteiger partial charge in [-0.05, 0) is 156 Å². The van der Waals surface area contributed by atoms with E-state index in [-0.39, 0.29) is 21.7 Å². The molecule has 0 heterocycles. The van der Waals surface area contributed by atoms with E-state index < -0.39 is 5.41 Å². The third kappa shape index (κ3) is 6.64. The summed E-state index contributed by atoms with van der Waals surface area (Å²) in [6, 6.07) is 71.8. The summed E-state index contributed by atoms with van der Waals surface area (Å²) in [4.78, 5) is 2.54. The standard InChI is InChI=1S/C65H63N/c1-61(2)35-37-63(5,6)58-40-45(31-33-55(58)61)44-21-20-28-50(39-44)66(49-26-16-11-17-27-49)60-43-57-53(42-52(60)46-32-34-56-59(41-46)64(7,8)38-36-62(56,3)4)51-29-18-19-30-54(51)65(57,47-22-12-9-13-23-47)48-24-14-10-15-25-48/h9-34,39-43H,35-38H2,1-8H3. The minimum atomic E-state index is -0.544. The number of hydrogen-bond acceptors (Lipinski definition) is 1. The molecule has 0 saturated carbocycles. The van der Waals surface area contributed by atoms with Gasteiger partial charge in [-0.3, -0.25) is 0 Å². The molecule has 8 aromatic rings. The Morgan fingerprint density at radius 2 is 0.773 bits per heavy atom. The first-order valence-corrected chi connectivity index (χ1v) is 24.3. The van der Waals surface area contributed by atoms with Gasteiger partial charge in [-0.25, -0.2) is 0 Å². The number of benzene rings is 8. The molecular weight excluding hydrogens is 795 g/mol. The Labute approximate surface area is 394 Å². The van der Waals surface area contributed by atoms with E-state index in [2.05, 4.69) is 248 Å². The largest absolute Gasteiger partial charge is 0.310 e. The van der Waals surface area contributed by atoms with Crippen molar-refractivity contribution in [3.05, 3.63) is 233 Å². The van der Waals surface area contributed by atoms with Gasteiger partial charge >= 0.3 is 0 Å². The number of fused-ring (bicyclic) bond motifs is 5. The predicted octanol–water partition coefficient (Wildman–Crippen LogP) is 17.6. The molecule has 1 nitrogen and oxygen atoms in total. The van der Waals surface area contributed by atoms with Crippen LogP contribution in [-0.4, -0.2) is 0 Å². The lowest BCUT2D eigenvalue weighted by Gasteiger charge is -2.42. The lowest BCUT2D eigenvalue weighted by molar-refractivity contribution is 0.332. The van der Waals surface area contributed by atoms with Crippen molar-refractivity contribution in [2.45, 2.75) is 108 Å². The number of anilines is 3. The summed E-state index contributed by atoms with van der Waals surface area (Å²) in [5, 5.41) is 0. The van der Waals surface area contributed by atoms with E-state index in [1.807, 2.05) is 0 Å². The van der Waals surface area contributed by atoms with Crippen LogP contribution >= 0.6 is 0 Å². The molecule has 0 aliphatic heterocycles. The summed E-state index contributed by atoms with van der Waals surface area (Å²) in [6.45, 7) is 19.5. The molecule has 0 saturated heterocycles. The molecule has 66 heavy (non-hydrogen) atoms. The fourth-order valence-electron chi connectivity index (χ4n) is 12.2. The Morgan fingerprint density at radius 1 is 0.303 bits per heavy atom. The molecule has 8 aromatic carbocycles. The maximum Gasteiger partial charge on any atom is 0.0714 e. The van der Waals surface area contributed by atoms with Gasteiger partial charge in [0.2, 0.25) is 0 Å². The van der Waals surface area contributed by atoms with Crippen LogP contribution in [0.1, 0.15) is 126 Å². The summed E-state index contributed by atoms with van der Waals surface area (Å²) in [5.74, 6) is 0. The highest BCUT2D eigenvalue weighted by Gasteiger charge is 2.47. The van der Waals surface area contributed by atoms with E-state index in [0.717, 1.165) is 17.8 Å². The van der Waals surface area contributed by atoms with E-state index in [4.69, 9.17) is 0 Å². The molecule has 0 spiro atoms. The fraction of sp³-hybridized carbons (Fsp3) is 0.262. The summed E-state index contributed by atoms with van der Waals surface area (Å²) in [6.07, 6.45) is 4.75. The van der Waals surface area contributed by atoms with Gasteiger partial charge in [-0.15, -0.1) is 0 Å². The van der Waals surface area contributed by atoms with Crippen molar-refractivity contribution >= 4 is 17.1 Å². The Morgan fingerprint density at radius 3 is 1.36 bits per heavy atom. The van der Waals surface area contributed by atoms with Gasteiger partial charge in [0.1, 0.15) is 0 Å². The van der Waals surface area contributed by atoms with E-state index in [1.54, 1.807) is 0 Å². The first-order chi connectivity index (χ1) is 31.7. The fourth-order valence-corrected chi connectivity index (χ4v) is 12.2. The second-order valence-electron chi connectivity index (χ2n) is 22.2. The summed E-state index contributed by atoms with van der Waals surface area (Å²) in [5.41, 5.74) is 22.0. The van der Waals surface area contributed by atoms with Crippen molar-refractivity contribution in [1.29, 1.82) is 0 Å². The number of rotatable bonds is 7. The third-order valence-corrected chi connectivity index (χ3v) is 16.3. The minimum Gasteiger partial charge on any atom is -0.310 e. The van der Waals surface area contributed by atoms with Crippen LogP contribution in [0.15, 0.2) is 188 Å². The van der Waals surface area contributed by atoms with Crippen LogP contribution in [0.3, 0.4) is 0 Å². The Bertz CT molecular complexity index is 3090. The van der Waals surface area contributed by atoms with Crippen LogP contribution in [-0.2, 0) is 27.1 Å². The average Bonchev–Trinajstić information content (AvgIpc) is 3.62. The molecule has 0 unspecified atom stereocenters. The topological polar surface area (TPSA) is 3.24 Å². The first kappa shape index (κ1) is 42.2. The van der Waals surface area contributed by atoms with E-state index in [0.29, 0.717) is 0 Å². The molecule has 0 atom stereocenters. The van der Waals surface area contributed by atoms with Crippen molar-refractivity contribution < 1.29 is 0 Å². The van der Waals surface area contributed by atoms with Crippen LogP contribution in [0.25, 0.3) is 33.4 Å². The van der Waals surface area contributed by atoms with Crippen LogP contribution in [0, 0.1) is 0 Å². The van der Waals surface area contributed by atoms with Crippen LogP contribution in [0.2, 0.25) is 0 Å². The van der Waals surface area contributed by atoms with E-state index in [9.17, 15) is 0 Å². The zero-order valence-corrected chi connectivity index (χ0v) is 40.2. The van der Waals surface area contributed by atoms with Gasteiger partial charge < -0.3 is 4.90 Å². The molecule has 0 N–H and O–H groups in total. The normalized spacial score (nSPS) is 17.8. The smallest absolute Gasteiger partial charge is 0.0714 e. The Balaban J connectivity index is 1.21. The molecule has 0 bridgehead atoms. The Kier molecular flexibility index (Phi) is 9.79. The Hall–Kier alpha value is -6.44. The van der Waals surface area contributed by atoms with Gasteiger partial charge in [-0.1, -0.05) is 207 Å². The van der Waals surface area contributed by atoms with Crippen molar-refractivity contribution in [1.82, 2.24) is 0 Å². The molecule has 1 heteroatoms. The van der Waals surface area contributed by atoms with Crippen LogP contribution in [0.4, 0.5) is 17.1 Å². The zero-order valence-electron chi connectivity index (χ0n) is 40.2. The molecule has 0 fully saturated rings. The summed E-state index contributed by atoms with van der Waals surface area (Å²) in [7, 11) is 0. The minimum absolute atomic E-state index is 0.0617. The quantitative estimate of drug-likeness (QED) is 0.154. The summed E-state index contributed by atoms with van der Waals surface area (Å²) >= 11 is 0. The lowest BCUT2D eigenvalue weighted by Crippen LogP contribution is -2.33. The van der Waals surface area contributed by atoms with Crippen molar-refractivity contribution in [3.8, 4) is 33.4 Å². The predicted molar refractivity (Wildman–Crippen MR) is 280 cm³/mol. The van der Waals surface area contributed by atoms with E-state index >= 15 is 0 Å². The molecule has 3 aliphatic carbocycles. The van der Waals surface area contributed by atoms with Crippen LogP contribution < -0.4 is 4.90 Å². The third-order valence-electron chi connectivity index (χ3n) is 16.3. The van der Waals surface area contributed by atoms with Crippen molar-refractivity contribution in [2.24, 2.45) is 0 Å². The number of hydrogen-bond donors (Lipinski definition) is 0. The lowest BCUT2D eigenvalue weighted by atomic mass is 9.63.